The molecule has 0 aromatic carbocycles. The minimum absolute atomic E-state index is 0.192. The number of hydrogen-bond donors (Lipinski definition) is 2. The van der Waals surface area contributed by atoms with E-state index >= 15 is 0 Å². The number of imide groups is 2. The van der Waals surface area contributed by atoms with Crippen molar-refractivity contribution >= 4 is 39.7 Å². The first-order valence-electron chi connectivity index (χ1n) is 8.69. The molecule has 11 nitrogen and oxygen atoms in total. The van der Waals surface area contributed by atoms with Gasteiger partial charge in [-0.15, -0.1) is 0 Å². The number of carboxylic acids is 1. The SMILES string of the molecule is O=C(O)C1CCC(CN2C(=O)C(N3C(=O)CCC3=O)=C(S(=O)(=O)O)C2=O)CC1. The van der Waals surface area contributed by atoms with Gasteiger partial charge in [-0.2, -0.15) is 8.42 Å². The number of amides is 4. The Bertz CT molecular complexity index is 896. The fraction of sp³-hybridized carbons (Fsp3) is 0.562. The van der Waals surface area contributed by atoms with Gasteiger partial charge in [-0.3, -0.25) is 33.4 Å². The van der Waals surface area contributed by atoms with Crippen LogP contribution in [-0.4, -0.2) is 64.0 Å². The Morgan fingerprint density at radius 1 is 0.964 bits per heavy atom. The third-order valence-corrected chi connectivity index (χ3v) is 6.16. The van der Waals surface area contributed by atoms with Crippen molar-refractivity contribution in [1.82, 2.24) is 9.80 Å². The fourth-order valence-corrected chi connectivity index (χ4v) is 4.57. The molecule has 1 saturated heterocycles. The smallest absolute Gasteiger partial charge is 0.306 e. The van der Waals surface area contributed by atoms with Crippen molar-refractivity contribution in [2.45, 2.75) is 38.5 Å². The lowest BCUT2D eigenvalue weighted by atomic mass is 9.82. The summed E-state index contributed by atoms with van der Waals surface area (Å²) >= 11 is 0. The molecule has 3 rings (SSSR count). The first kappa shape index (κ1) is 20.1. The minimum atomic E-state index is -5.17. The Hall–Kier alpha value is -2.60. The van der Waals surface area contributed by atoms with Crippen LogP contribution in [0.3, 0.4) is 0 Å². The molecule has 2 fully saturated rings. The molecule has 0 radical (unpaired) electrons. The van der Waals surface area contributed by atoms with Gasteiger partial charge in [-0.05, 0) is 31.6 Å². The first-order valence-corrected chi connectivity index (χ1v) is 10.1. The summed E-state index contributed by atoms with van der Waals surface area (Å²) in [6.45, 7) is -0.192. The zero-order chi connectivity index (χ0) is 20.8. The van der Waals surface area contributed by atoms with Crippen LogP contribution in [0.5, 0.6) is 0 Å². The second-order valence-electron chi connectivity index (χ2n) is 7.05. The number of nitrogens with zero attached hydrogens (tertiary/aromatic N) is 2. The number of carbonyl (C=O) groups excluding carboxylic acids is 4. The predicted molar refractivity (Wildman–Crippen MR) is 89.5 cm³/mol. The monoisotopic (exact) mass is 414 g/mol. The van der Waals surface area contributed by atoms with Gasteiger partial charge in [0, 0.05) is 19.4 Å². The van der Waals surface area contributed by atoms with Crippen molar-refractivity contribution in [2.24, 2.45) is 11.8 Å². The molecule has 2 heterocycles. The number of carboxylic acid groups (broad SMARTS) is 1. The van der Waals surface area contributed by atoms with E-state index in [-0.39, 0.29) is 25.3 Å². The normalized spacial score (nSPS) is 26.6. The van der Waals surface area contributed by atoms with Crippen LogP contribution in [0.25, 0.3) is 0 Å². The molecule has 12 heteroatoms. The lowest BCUT2D eigenvalue weighted by molar-refractivity contribution is -0.145. The summed E-state index contributed by atoms with van der Waals surface area (Å²) in [6, 6.07) is 0. The third kappa shape index (κ3) is 3.44. The number of hydrogen-bond acceptors (Lipinski definition) is 7. The van der Waals surface area contributed by atoms with E-state index in [4.69, 9.17) is 5.11 Å². The first-order chi connectivity index (χ1) is 13.0. The highest BCUT2D eigenvalue weighted by Gasteiger charge is 2.51. The maximum absolute atomic E-state index is 12.7. The second kappa shape index (κ2) is 7.09. The van der Waals surface area contributed by atoms with Crippen LogP contribution in [0.4, 0.5) is 0 Å². The molecule has 152 valence electrons. The Balaban J connectivity index is 1.87. The van der Waals surface area contributed by atoms with E-state index in [9.17, 15) is 36.9 Å². The van der Waals surface area contributed by atoms with Crippen molar-refractivity contribution in [3.63, 3.8) is 0 Å². The van der Waals surface area contributed by atoms with E-state index in [1.165, 1.54) is 0 Å². The minimum Gasteiger partial charge on any atom is -0.481 e. The Morgan fingerprint density at radius 2 is 1.50 bits per heavy atom. The van der Waals surface area contributed by atoms with E-state index in [0.29, 0.717) is 35.5 Å². The van der Waals surface area contributed by atoms with Crippen molar-refractivity contribution in [2.75, 3.05) is 6.54 Å². The molecule has 4 amide bonds. The number of likely N-dealkylation sites (tertiary alicyclic amines) is 1. The summed E-state index contributed by atoms with van der Waals surface area (Å²) in [7, 11) is -5.17. The fourth-order valence-electron chi connectivity index (χ4n) is 3.81. The van der Waals surface area contributed by atoms with Gasteiger partial charge in [0.15, 0.2) is 4.91 Å². The quantitative estimate of drug-likeness (QED) is 0.445. The van der Waals surface area contributed by atoms with Gasteiger partial charge >= 0.3 is 16.1 Å². The topological polar surface area (TPSA) is 166 Å². The summed E-state index contributed by atoms with van der Waals surface area (Å²) in [5.74, 6) is -5.77. The van der Waals surface area contributed by atoms with Crippen LogP contribution in [-0.2, 0) is 34.1 Å². The largest absolute Gasteiger partial charge is 0.481 e. The van der Waals surface area contributed by atoms with Gasteiger partial charge < -0.3 is 5.11 Å². The molecular weight excluding hydrogens is 396 g/mol. The van der Waals surface area contributed by atoms with Crippen molar-refractivity contribution in [3.8, 4) is 0 Å². The summed E-state index contributed by atoms with van der Waals surface area (Å²) in [6.07, 6.45) is 1.05. The van der Waals surface area contributed by atoms with Gasteiger partial charge in [0.25, 0.3) is 11.8 Å². The zero-order valence-corrected chi connectivity index (χ0v) is 15.5. The summed E-state index contributed by atoms with van der Waals surface area (Å²) in [4.78, 5) is 59.9. The average molecular weight is 414 g/mol. The lowest BCUT2D eigenvalue weighted by Gasteiger charge is -2.29. The van der Waals surface area contributed by atoms with E-state index < -0.39 is 56.2 Å². The van der Waals surface area contributed by atoms with E-state index in [1.54, 1.807) is 0 Å². The molecule has 0 atom stereocenters. The van der Waals surface area contributed by atoms with Crippen molar-refractivity contribution < 1.29 is 42.0 Å². The Kier molecular flexibility index (Phi) is 5.10. The highest BCUT2D eigenvalue weighted by atomic mass is 32.2. The predicted octanol–water partition coefficient (Wildman–Crippen LogP) is -0.505. The highest BCUT2D eigenvalue weighted by molar-refractivity contribution is 7.91. The molecule has 0 spiro atoms. The number of carbonyl (C=O) groups is 5. The molecule has 0 unspecified atom stereocenters. The molecule has 28 heavy (non-hydrogen) atoms. The zero-order valence-electron chi connectivity index (χ0n) is 14.7. The third-order valence-electron chi connectivity index (χ3n) is 5.27. The maximum atomic E-state index is 12.7. The van der Waals surface area contributed by atoms with Crippen LogP contribution in [0.1, 0.15) is 38.5 Å². The van der Waals surface area contributed by atoms with E-state index in [0.717, 1.165) is 0 Å². The van der Waals surface area contributed by atoms with Gasteiger partial charge in [-0.25, -0.2) is 4.90 Å². The van der Waals surface area contributed by atoms with Crippen LogP contribution >= 0.6 is 0 Å². The number of aliphatic carboxylic acids is 1. The molecule has 2 aliphatic heterocycles. The number of rotatable bonds is 5. The van der Waals surface area contributed by atoms with Crippen molar-refractivity contribution in [1.29, 1.82) is 0 Å². The summed E-state index contributed by atoms with van der Waals surface area (Å²) in [5, 5.41) is 9.03. The lowest BCUT2D eigenvalue weighted by Crippen LogP contribution is -2.40. The molecule has 2 N–H and O–H groups in total. The molecule has 3 aliphatic rings. The Labute approximate surface area is 159 Å². The van der Waals surface area contributed by atoms with E-state index in [2.05, 4.69) is 0 Å². The van der Waals surface area contributed by atoms with Crippen LogP contribution in [0.15, 0.2) is 10.6 Å². The summed E-state index contributed by atoms with van der Waals surface area (Å²) < 4.78 is 32.8. The second-order valence-corrected chi connectivity index (χ2v) is 8.41. The van der Waals surface area contributed by atoms with Gasteiger partial charge in [0.2, 0.25) is 11.8 Å². The maximum Gasteiger partial charge on any atom is 0.306 e. The molecule has 0 aromatic rings. The van der Waals surface area contributed by atoms with Gasteiger partial charge in [0.1, 0.15) is 5.70 Å². The van der Waals surface area contributed by atoms with Crippen LogP contribution in [0, 0.1) is 11.8 Å². The van der Waals surface area contributed by atoms with Crippen molar-refractivity contribution in [3.05, 3.63) is 10.6 Å². The molecule has 1 saturated carbocycles. The molecule has 0 aromatic heterocycles. The summed E-state index contributed by atoms with van der Waals surface area (Å²) in [5.41, 5.74) is -0.931. The van der Waals surface area contributed by atoms with Gasteiger partial charge in [-0.1, -0.05) is 0 Å². The molecule has 0 bridgehead atoms. The average Bonchev–Trinajstić information content (AvgIpc) is 3.05. The Morgan fingerprint density at radius 3 is 1.96 bits per heavy atom. The van der Waals surface area contributed by atoms with Gasteiger partial charge in [0.05, 0.1) is 5.92 Å². The van der Waals surface area contributed by atoms with E-state index in [1.807, 2.05) is 0 Å². The molecule has 1 aliphatic carbocycles. The highest BCUT2D eigenvalue weighted by Crippen LogP contribution is 2.34. The van der Waals surface area contributed by atoms with Crippen LogP contribution < -0.4 is 0 Å². The van der Waals surface area contributed by atoms with Crippen LogP contribution in [0.2, 0.25) is 0 Å². The standard InChI is InChI=1S/C16H18N2O9S/c19-10-5-6-11(20)18(10)12-13(28(25,26)27)15(22)17(14(12)21)7-8-1-3-9(4-2-8)16(23)24/h8-9H,1-7H2,(H,23,24)(H,25,26,27). The molecular formula is C16H18N2O9S.